The third kappa shape index (κ3) is 3.63. The highest BCUT2D eigenvalue weighted by molar-refractivity contribution is 7.21. The number of hydrogen-bond donors (Lipinski definition) is 1. The number of carbonyl (C=O) groups excluding carboxylic acids is 1. The minimum absolute atomic E-state index is 0.128. The molecule has 0 radical (unpaired) electrons. The van der Waals surface area contributed by atoms with Gasteiger partial charge in [0.2, 0.25) is 0 Å². The van der Waals surface area contributed by atoms with Crippen LogP contribution in [0.1, 0.15) is 15.9 Å². The van der Waals surface area contributed by atoms with Gasteiger partial charge in [-0.3, -0.25) is 4.79 Å². The number of nitrogens with zero attached hydrogens (tertiary/aromatic N) is 2. The molecule has 146 valence electrons. The Hall–Kier alpha value is -3.70. The van der Waals surface area contributed by atoms with Gasteiger partial charge in [-0.25, -0.2) is 4.98 Å². The maximum atomic E-state index is 12.6. The smallest absolute Gasteiger partial charge is 0.255 e. The van der Waals surface area contributed by atoms with Crippen molar-refractivity contribution in [2.75, 3.05) is 5.32 Å². The van der Waals surface area contributed by atoms with Crippen molar-refractivity contribution in [3.8, 4) is 16.3 Å². The monoisotopic (exact) mass is 409 g/mol. The summed E-state index contributed by atoms with van der Waals surface area (Å²) in [7, 11) is 0. The van der Waals surface area contributed by atoms with Crippen molar-refractivity contribution in [3.05, 3.63) is 102 Å². The zero-order chi connectivity index (χ0) is 20.5. The molecule has 0 bridgehead atoms. The zero-order valence-corrected chi connectivity index (χ0v) is 17.2. The van der Waals surface area contributed by atoms with Crippen molar-refractivity contribution in [3.63, 3.8) is 0 Å². The molecule has 3 aromatic carbocycles. The summed E-state index contributed by atoms with van der Waals surface area (Å²) in [6.45, 7) is 2.09. The largest absolute Gasteiger partial charge is 0.324 e. The lowest BCUT2D eigenvalue weighted by Crippen LogP contribution is -2.11. The fourth-order valence-corrected chi connectivity index (χ4v) is 4.42. The summed E-state index contributed by atoms with van der Waals surface area (Å²) >= 11 is 1.68. The number of benzene rings is 3. The average molecular weight is 410 g/mol. The van der Waals surface area contributed by atoms with Gasteiger partial charge in [0.1, 0.15) is 5.01 Å². The maximum absolute atomic E-state index is 12.6. The molecule has 0 aliphatic heterocycles. The van der Waals surface area contributed by atoms with E-state index in [-0.39, 0.29) is 5.91 Å². The van der Waals surface area contributed by atoms with E-state index in [1.807, 2.05) is 77.6 Å². The van der Waals surface area contributed by atoms with Crippen LogP contribution in [0.5, 0.6) is 0 Å². The lowest BCUT2D eigenvalue weighted by Gasteiger charge is -2.07. The van der Waals surface area contributed by atoms with Gasteiger partial charge in [0.15, 0.2) is 0 Å². The molecular formula is C25H19N3OS. The van der Waals surface area contributed by atoms with E-state index in [0.717, 1.165) is 27.5 Å². The van der Waals surface area contributed by atoms with Crippen molar-refractivity contribution >= 4 is 33.1 Å². The first kappa shape index (κ1) is 18.3. The zero-order valence-electron chi connectivity index (χ0n) is 16.4. The summed E-state index contributed by atoms with van der Waals surface area (Å²) in [6, 6.07) is 25.6. The van der Waals surface area contributed by atoms with E-state index in [0.29, 0.717) is 5.56 Å². The molecular weight excluding hydrogens is 390 g/mol. The summed E-state index contributed by atoms with van der Waals surface area (Å²) in [5.74, 6) is -0.128. The van der Waals surface area contributed by atoms with E-state index in [9.17, 15) is 4.79 Å². The van der Waals surface area contributed by atoms with Crippen LogP contribution in [-0.4, -0.2) is 15.5 Å². The number of anilines is 1. The molecule has 0 spiro atoms. The molecule has 4 nitrogen and oxygen atoms in total. The van der Waals surface area contributed by atoms with E-state index in [1.54, 1.807) is 11.3 Å². The number of thiazole rings is 1. The Morgan fingerprint density at radius 1 is 0.933 bits per heavy atom. The first-order valence-electron chi connectivity index (χ1n) is 9.68. The topological polar surface area (TPSA) is 46.9 Å². The first-order chi connectivity index (χ1) is 14.7. The van der Waals surface area contributed by atoms with Gasteiger partial charge < -0.3 is 9.88 Å². The normalized spacial score (nSPS) is 11.0. The van der Waals surface area contributed by atoms with Crippen molar-refractivity contribution in [1.29, 1.82) is 0 Å². The maximum Gasteiger partial charge on any atom is 0.255 e. The summed E-state index contributed by atoms with van der Waals surface area (Å²) in [4.78, 5) is 17.3. The van der Waals surface area contributed by atoms with Gasteiger partial charge in [-0.1, -0.05) is 6.07 Å². The Kier molecular flexibility index (Phi) is 4.65. The van der Waals surface area contributed by atoms with Crippen LogP contribution in [-0.2, 0) is 0 Å². The van der Waals surface area contributed by atoms with E-state index < -0.39 is 0 Å². The molecule has 2 heterocycles. The highest BCUT2D eigenvalue weighted by Gasteiger charge is 2.09. The minimum atomic E-state index is -0.128. The van der Waals surface area contributed by atoms with Crippen molar-refractivity contribution < 1.29 is 4.79 Å². The molecule has 0 saturated heterocycles. The summed E-state index contributed by atoms with van der Waals surface area (Å²) < 4.78 is 3.19. The lowest BCUT2D eigenvalue weighted by molar-refractivity contribution is 0.102. The van der Waals surface area contributed by atoms with Crippen LogP contribution in [0.15, 0.2) is 91.3 Å². The highest BCUT2D eigenvalue weighted by atomic mass is 32.1. The van der Waals surface area contributed by atoms with Crippen LogP contribution in [0.4, 0.5) is 5.69 Å². The highest BCUT2D eigenvalue weighted by Crippen LogP contribution is 2.31. The Bertz CT molecular complexity index is 1320. The molecule has 0 aliphatic carbocycles. The number of fused-ring (bicyclic) bond motifs is 1. The molecule has 1 amide bonds. The Morgan fingerprint density at radius 3 is 2.40 bits per heavy atom. The third-order valence-electron chi connectivity index (χ3n) is 4.97. The number of rotatable bonds is 4. The quantitative estimate of drug-likeness (QED) is 0.378. The molecule has 5 aromatic rings. The molecule has 30 heavy (non-hydrogen) atoms. The fourth-order valence-electron chi connectivity index (χ4n) is 3.35. The van der Waals surface area contributed by atoms with Crippen LogP contribution >= 0.6 is 11.3 Å². The minimum Gasteiger partial charge on any atom is -0.324 e. The van der Waals surface area contributed by atoms with Crippen LogP contribution in [0, 0.1) is 6.92 Å². The second kappa shape index (κ2) is 7.61. The number of aryl methyl sites for hydroxylation is 1. The molecule has 0 saturated carbocycles. The van der Waals surface area contributed by atoms with Crippen LogP contribution in [0.25, 0.3) is 26.5 Å². The fraction of sp³-hybridized carbons (Fsp3) is 0.0400. The van der Waals surface area contributed by atoms with Gasteiger partial charge >= 0.3 is 0 Å². The molecule has 5 heteroatoms. The predicted octanol–water partition coefficient (Wildman–Crippen LogP) is 6.31. The Balaban J connectivity index is 1.31. The van der Waals surface area contributed by atoms with Gasteiger partial charge in [-0.2, -0.15) is 0 Å². The number of hydrogen-bond acceptors (Lipinski definition) is 3. The van der Waals surface area contributed by atoms with Gasteiger partial charge in [-0.15, -0.1) is 11.3 Å². The molecule has 1 N–H and O–H groups in total. The molecule has 0 unspecified atom stereocenters. The van der Waals surface area contributed by atoms with Gasteiger partial charge in [-0.05, 0) is 85.3 Å². The van der Waals surface area contributed by atoms with E-state index in [1.165, 1.54) is 10.3 Å². The van der Waals surface area contributed by atoms with Crippen LogP contribution in [0.3, 0.4) is 0 Å². The number of aromatic nitrogens is 2. The van der Waals surface area contributed by atoms with Gasteiger partial charge in [0, 0.05) is 34.9 Å². The number of carbonyl (C=O) groups is 1. The van der Waals surface area contributed by atoms with Gasteiger partial charge in [0.25, 0.3) is 5.91 Å². The summed E-state index contributed by atoms with van der Waals surface area (Å²) in [6.07, 6.45) is 3.95. The lowest BCUT2D eigenvalue weighted by atomic mass is 10.1. The van der Waals surface area contributed by atoms with Crippen LogP contribution in [0.2, 0.25) is 0 Å². The van der Waals surface area contributed by atoms with E-state index in [4.69, 9.17) is 4.98 Å². The molecule has 5 rings (SSSR count). The molecule has 2 aromatic heterocycles. The number of nitrogens with one attached hydrogen (secondary N) is 1. The van der Waals surface area contributed by atoms with E-state index >= 15 is 0 Å². The molecule has 0 fully saturated rings. The first-order valence-corrected chi connectivity index (χ1v) is 10.5. The Morgan fingerprint density at radius 2 is 1.67 bits per heavy atom. The average Bonchev–Trinajstić information content (AvgIpc) is 3.44. The molecule has 0 atom stereocenters. The van der Waals surface area contributed by atoms with E-state index in [2.05, 4.69) is 30.4 Å². The van der Waals surface area contributed by atoms with Gasteiger partial charge in [0.05, 0.1) is 10.2 Å². The predicted molar refractivity (Wildman–Crippen MR) is 124 cm³/mol. The van der Waals surface area contributed by atoms with Crippen molar-refractivity contribution in [2.24, 2.45) is 0 Å². The SMILES string of the molecule is Cc1ccc2nc(-c3ccc(NC(=O)c4ccc(-n5cccc5)cc4)cc3)sc2c1. The second-order valence-electron chi connectivity index (χ2n) is 7.16. The second-order valence-corrected chi connectivity index (χ2v) is 8.19. The Labute approximate surface area is 178 Å². The standard InChI is InChI=1S/C25H19N3OS/c1-17-4-13-22-23(16-17)30-25(27-22)19-5-9-20(10-6-19)26-24(29)18-7-11-21(12-8-18)28-14-2-3-15-28/h2-16H,1H3,(H,26,29). The van der Waals surface area contributed by atoms with Crippen molar-refractivity contribution in [2.45, 2.75) is 6.92 Å². The van der Waals surface area contributed by atoms with Crippen LogP contribution < -0.4 is 5.32 Å². The molecule has 0 aliphatic rings. The summed E-state index contributed by atoms with van der Waals surface area (Å²) in [5.41, 5.74) is 5.69. The summed E-state index contributed by atoms with van der Waals surface area (Å²) in [5, 5.41) is 3.94. The number of amides is 1. The third-order valence-corrected chi connectivity index (χ3v) is 6.03. The van der Waals surface area contributed by atoms with Crippen molar-refractivity contribution in [1.82, 2.24) is 9.55 Å².